The molecule has 1 amide bonds. The normalized spacial score (nSPS) is 18.6. The molecule has 1 atom stereocenters. The van der Waals surface area contributed by atoms with Gasteiger partial charge >= 0.3 is 0 Å². The van der Waals surface area contributed by atoms with Gasteiger partial charge in [0.05, 0.1) is 6.04 Å². The zero-order chi connectivity index (χ0) is 13.2. The number of hydrogen-bond acceptors (Lipinski definition) is 6. The molecule has 2 aromatic heterocycles. The van der Waals surface area contributed by atoms with Gasteiger partial charge in [-0.25, -0.2) is 0 Å². The summed E-state index contributed by atoms with van der Waals surface area (Å²) in [5, 5.41) is 7.26. The Morgan fingerprint density at radius 2 is 2.42 bits per heavy atom. The first-order valence-corrected chi connectivity index (χ1v) is 6.07. The van der Waals surface area contributed by atoms with Crippen LogP contribution in [0, 0.1) is 0 Å². The number of primary amides is 1. The molecule has 3 rings (SSSR count). The third-order valence-corrected chi connectivity index (χ3v) is 3.07. The van der Waals surface area contributed by atoms with E-state index in [0.717, 1.165) is 19.4 Å². The van der Waals surface area contributed by atoms with Gasteiger partial charge in [0.1, 0.15) is 5.69 Å². The molecule has 0 saturated carbocycles. The quantitative estimate of drug-likeness (QED) is 0.838. The van der Waals surface area contributed by atoms with Crippen LogP contribution in [0.5, 0.6) is 0 Å². The fraction of sp³-hybridized carbons (Fsp3) is 0.333. The van der Waals surface area contributed by atoms with Crippen LogP contribution >= 0.6 is 0 Å². The molecule has 1 fully saturated rings. The fourth-order valence-electron chi connectivity index (χ4n) is 2.10. The highest BCUT2D eigenvalue weighted by Gasteiger charge is 2.22. The van der Waals surface area contributed by atoms with Crippen LogP contribution in [0.4, 0.5) is 0 Å². The monoisotopic (exact) mass is 259 g/mol. The zero-order valence-electron chi connectivity index (χ0n) is 10.2. The molecule has 0 bridgehead atoms. The number of pyridine rings is 1. The number of rotatable bonds is 3. The maximum Gasteiger partial charge on any atom is 0.267 e. The number of nitrogens with two attached hydrogens (primary N) is 1. The maximum absolute atomic E-state index is 11.1. The Kier molecular flexibility index (Phi) is 2.96. The second-order valence-electron chi connectivity index (χ2n) is 4.40. The predicted octanol–water partition coefficient (Wildman–Crippen LogP) is 0.655. The van der Waals surface area contributed by atoms with E-state index >= 15 is 0 Å². The smallest absolute Gasteiger partial charge is 0.267 e. The van der Waals surface area contributed by atoms with E-state index in [4.69, 9.17) is 10.3 Å². The van der Waals surface area contributed by atoms with Crippen molar-refractivity contribution in [1.29, 1.82) is 0 Å². The minimum atomic E-state index is -0.584. The average molecular weight is 259 g/mol. The molecule has 1 aliphatic rings. The van der Waals surface area contributed by atoms with Crippen molar-refractivity contribution in [3.63, 3.8) is 0 Å². The summed E-state index contributed by atoms with van der Waals surface area (Å²) >= 11 is 0. The second-order valence-corrected chi connectivity index (χ2v) is 4.40. The van der Waals surface area contributed by atoms with E-state index in [9.17, 15) is 4.79 Å². The Labute approximate surface area is 109 Å². The summed E-state index contributed by atoms with van der Waals surface area (Å²) in [7, 11) is 0. The van der Waals surface area contributed by atoms with Crippen LogP contribution in [0.15, 0.2) is 22.9 Å². The number of nitrogens with one attached hydrogen (secondary N) is 1. The van der Waals surface area contributed by atoms with Gasteiger partial charge in [0.25, 0.3) is 11.8 Å². The fourth-order valence-corrected chi connectivity index (χ4v) is 2.10. The van der Waals surface area contributed by atoms with Crippen molar-refractivity contribution in [2.24, 2.45) is 5.73 Å². The van der Waals surface area contributed by atoms with Crippen LogP contribution in [0.2, 0.25) is 0 Å². The Morgan fingerprint density at radius 1 is 1.53 bits per heavy atom. The second kappa shape index (κ2) is 4.77. The van der Waals surface area contributed by atoms with Crippen LogP contribution in [-0.2, 0) is 0 Å². The van der Waals surface area contributed by atoms with Crippen molar-refractivity contribution in [3.8, 4) is 11.5 Å². The minimum absolute atomic E-state index is 0.148. The molecule has 7 nitrogen and oxygen atoms in total. The van der Waals surface area contributed by atoms with Crippen molar-refractivity contribution >= 4 is 5.91 Å². The van der Waals surface area contributed by atoms with E-state index in [1.165, 1.54) is 6.20 Å². The summed E-state index contributed by atoms with van der Waals surface area (Å²) in [6.45, 7) is 0.968. The molecule has 0 aromatic carbocycles. The van der Waals surface area contributed by atoms with Crippen molar-refractivity contribution in [1.82, 2.24) is 20.4 Å². The highest BCUT2D eigenvalue weighted by atomic mass is 16.5. The molecule has 3 N–H and O–H groups in total. The van der Waals surface area contributed by atoms with Crippen LogP contribution in [0.25, 0.3) is 11.5 Å². The number of nitrogens with zero attached hydrogens (tertiary/aromatic N) is 3. The van der Waals surface area contributed by atoms with Crippen molar-refractivity contribution in [2.45, 2.75) is 18.9 Å². The molecular weight excluding hydrogens is 246 g/mol. The first-order valence-electron chi connectivity index (χ1n) is 6.07. The van der Waals surface area contributed by atoms with E-state index < -0.39 is 5.91 Å². The van der Waals surface area contributed by atoms with Crippen molar-refractivity contribution in [2.75, 3.05) is 6.54 Å². The number of amides is 1. The minimum Gasteiger partial charge on any atom is -0.364 e. The van der Waals surface area contributed by atoms with Crippen molar-refractivity contribution in [3.05, 3.63) is 29.8 Å². The summed E-state index contributed by atoms with van der Waals surface area (Å²) in [5.41, 5.74) is 6.00. The van der Waals surface area contributed by atoms with Crippen LogP contribution < -0.4 is 11.1 Å². The van der Waals surface area contributed by atoms with Crippen LogP contribution in [0.3, 0.4) is 0 Å². The van der Waals surface area contributed by atoms with Gasteiger partial charge in [0.2, 0.25) is 0 Å². The number of carbonyl (C=O) groups excluding carboxylic acids is 1. The number of carbonyl (C=O) groups is 1. The van der Waals surface area contributed by atoms with Crippen molar-refractivity contribution < 1.29 is 9.32 Å². The molecule has 7 heteroatoms. The van der Waals surface area contributed by atoms with Crippen LogP contribution in [-0.4, -0.2) is 27.6 Å². The van der Waals surface area contributed by atoms with Crippen LogP contribution in [0.1, 0.15) is 35.2 Å². The molecule has 1 aliphatic heterocycles. The number of aromatic nitrogens is 3. The number of hydrogen-bond donors (Lipinski definition) is 2. The Balaban J connectivity index is 1.89. The molecule has 0 radical (unpaired) electrons. The molecule has 1 unspecified atom stereocenters. The maximum atomic E-state index is 11.1. The van der Waals surface area contributed by atoms with Gasteiger partial charge in [-0.2, -0.15) is 4.98 Å². The summed E-state index contributed by atoms with van der Waals surface area (Å²) in [6.07, 6.45) is 3.60. The lowest BCUT2D eigenvalue weighted by atomic mass is 10.2. The van der Waals surface area contributed by atoms with E-state index in [0.29, 0.717) is 17.3 Å². The molecule has 98 valence electrons. The lowest BCUT2D eigenvalue weighted by Crippen LogP contribution is -2.14. The SMILES string of the molecule is NC(=O)c1cc(-c2nc(C3CCCN3)no2)ccn1. The lowest BCUT2D eigenvalue weighted by molar-refractivity contribution is 0.0995. The summed E-state index contributed by atoms with van der Waals surface area (Å²) in [4.78, 5) is 19.3. The first-order chi connectivity index (χ1) is 9.24. The van der Waals surface area contributed by atoms with Gasteiger partial charge in [0, 0.05) is 11.8 Å². The molecule has 0 aliphatic carbocycles. The van der Waals surface area contributed by atoms with E-state index in [-0.39, 0.29) is 11.7 Å². The lowest BCUT2D eigenvalue weighted by Gasteiger charge is -2.01. The van der Waals surface area contributed by atoms with E-state index in [1.54, 1.807) is 12.1 Å². The van der Waals surface area contributed by atoms with E-state index in [2.05, 4.69) is 20.4 Å². The predicted molar refractivity (Wildman–Crippen MR) is 66.0 cm³/mol. The van der Waals surface area contributed by atoms with Gasteiger partial charge in [-0.15, -0.1) is 0 Å². The van der Waals surface area contributed by atoms with Gasteiger partial charge in [0.15, 0.2) is 5.82 Å². The molecular formula is C12H13N5O2. The molecule has 1 saturated heterocycles. The van der Waals surface area contributed by atoms with E-state index in [1.807, 2.05) is 0 Å². The highest BCUT2D eigenvalue weighted by Crippen LogP contribution is 2.24. The van der Waals surface area contributed by atoms with Gasteiger partial charge in [-0.1, -0.05) is 5.16 Å². The third-order valence-electron chi connectivity index (χ3n) is 3.07. The molecule has 0 spiro atoms. The van der Waals surface area contributed by atoms with Gasteiger partial charge in [-0.3, -0.25) is 9.78 Å². The zero-order valence-corrected chi connectivity index (χ0v) is 10.2. The van der Waals surface area contributed by atoms with Gasteiger partial charge < -0.3 is 15.6 Å². The Hall–Kier alpha value is -2.28. The summed E-state index contributed by atoms with van der Waals surface area (Å²) in [5.74, 6) is 0.428. The largest absolute Gasteiger partial charge is 0.364 e. The standard InChI is InChI=1S/C12H13N5O2/c13-10(18)9-6-7(3-5-15-9)12-16-11(17-19-12)8-2-1-4-14-8/h3,5-6,8,14H,1-2,4H2,(H2,13,18). The molecule has 2 aromatic rings. The highest BCUT2D eigenvalue weighted by molar-refractivity contribution is 5.91. The third kappa shape index (κ3) is 2.32. The molecule has 19 heavy (non-hydrogen) atoms. The topological polar surface area (TPSA) is 107 Å². The average Bonchev–Trinajstić information content (AvgIpc) is 3.09. The first kappa shape index (κ1) is 11.8. The summed E-state index contributed by atoms with van der Waals surface area (Å²) in [6, 6.07) is 3.39. The molecule has 3 heterocycles. The van der Waals surface area contributed by atoms with Gasteiger partial charge in [-0.05, 0) is 31.5 Å². The Bertz CT molecular complexity index is 604. The summed E-state index contributed by atoms with van der Waals surface area (Å²) < 4.78 is 5.22. The Morgan fingerprint density at radius 3 is 3.16 bits per heavy atom.